The molecule has 0 aromatic carbocycles. The van der Waals surface area contributed by atoms with E-state index < -0.39 is 5.72 Å². The van der Waals surface area contributed by atoms with Crippen molar-refractivity contribution >= 4 is 12.1 Å². The minimum absolute atomic E-state index is 0.650. The second kappa shape index (κ2) is 1.39. The van der Waals surface area contributed by atoms with Crippen LogP contribution in [0.3, 0.4) is 0 Å². The maximum atomic E-state index is 9.13. The summed E-state index contributed by atoms with van der Waals surface area (Å²) >= 11 is 0. The van der Waals surface area contributed by atoms with Crippen molar-refractivity contribution in [1.82, 2.24) is 0 Å². The zero-order valence-corrected chi connectivity index (χ0v) is 4.92. The molecule has 0 spiro atoms. The van der Waals surface area contributed by atoms with Gasteiger partial charge in [0.15, 0.2) is 5.72 Å². The van der Waals surface area contributed by atoms with Crippen LogP contribution in [0.5, 0.6) is 0 Å². The van der Waals surface area contributed by atoms with Crippen LogP contribution in [0, 0.1) is 0 Å². The minimum atomic E-state index is -1.03. The summed E-state index contributed by atoms with van der Waals surface area (Å²) in [5.74, 6) is 0. The van der Waals surface area contributed by atoms with Gasteiger partial charge in [-0.25, -0.2) is 9.98 Å². The van der Waals surface area contributed by atoms with Gasteiger partial charge in [-0.05, 0) is 13.8 Å². The monoisotopic (exact) mass is 112 g/mol. The first-order valence-corrected chi connectivity index (χ1v) is 2.44. The Hall–Kier alpha value is -0.700. The Morgan fingerprint density at radius 1 is 1.75 bits per heavy atom. The number of hydrogen-bond acceptors (Lipinski definition) is 3. The predicted octanol–water partition coefficient (Wildman–Crippen LogP) is 0.198. The molecule has 3 heteroatoms. The molecule has 3 nitrogen and oxygen atoms in total. The molecule has 1 rings (SSSR count). The van der Waals surface area contributed by atoms with Gasteiger partial charge in [-0.15, -0.1) is 0 Å². The lowest BCUT2D eigenvalue weighted by molar-refractivity contribution is 0.146. The smallest absolute Gasteiger partial charge is 0.194 e. The van der Waals surface area contributed by atoms with Crippen LogP contribution >= 0.6 is 0 Å². The van der Waals surface area contributed by atoms with E-state index in [9.17, 15) is 0 Å². The molecule has 0 saturated heterocycles. The van der Waals surface area contributed by atoms with Crippen molar-refractivity contribution < 1.29 is 5.11 Å². The Morgan fingerprint density at radius 2 is 2.38 bits per heavy atom. The quantitative estimate of drug-likeness (QED) is 0.478. The lowest BCUT2D eigenvalue weighted by Gasteiger charge is -2.10. The Labute approximate surface area is 47.8 Å². The third-order valence-corrected chi connectivity index (χ3v) is 1.25. The molecule has 0 amide bonds. The van der Waals surface area contributed by atoms with Gasteiger partial charge in [0, 0.05) is 0 Å². The van der Waals surface area contributed by atoms with Gasteiger partial charge in [0.05, 0.1) is 5.71 Å². The SMILES string of the molecule is CC1=NC=NC1(C)O. The van der Waals surface area contributed by atoms with Crippen LogP contribution < -0.4 is 0 Å². The second-order valence-corrected chi connectivity index (χ2v) is 1.98. The molecule has 1 unspecified atom stereocenters. The van der Waals surface area contributed by atoms with Crippen molar-refractivity contribution in [2.24, 2.45) is 9.98 Å². The van der Waals surface area contributed by atoms with E-state index in [-0.39, 0.29) is 0 Å². The van der Waals surface area contributed by atoms with Gasteiger partial charge >= 0.3 is 0 Å². The van der Waals surface area contributed by atoms with E-state index in [1.54, 1.807) is 13.8 Å². The topological polar surface area (TPSA) is 45.0 Å². The molecule has 0 radical (unpaired) electrons. The first-order chi connectivity index (χ1) is 3.63. The van der Waals surface area contributed by atoms with Crippen molar-refractivity contribution in [3.63, 3.8) is 0 Å². The fourth-order valence-electron chi connectivity index (χ4n) is 0.444. The molecule has 1 heterocycles. The first-order valence-electron chi connectivity index (χ1n) is 2.44. The molecule has 8 heavy (non-hydrogen) atoms. The third kappa shape index (κ3) is 0.648. The normalized spacial score (nSPS) is 35.6. The molecule has 1 aliphatic rings. The Kier molecular flexibility index (Phi) is 0.942. The van der Waals surface area contributed by atoms with Crippen molar-refractivity contribution in [3.8, 4) is 0 Å². The molecule has 0 aromatic heterocycles. The first kappa shape index (κ1) is 5.44. The van der Waals surface area contributed by atoms with E-state index in [4.69, 9.17) is 5.11 Å². The van der Waals surface area contributed by atoms with E-state index in [2.05, 4.69) is 9.98 Å². The van der Waals surface area contributed by atoms with Gasteiger partial charge in [0.2, 0.25) is 0 Å². The number of nitrogens with zero attached hydrogens (tertiary/aromatic N) is 2. The number of rotatable bonds is 0. The van der Waals surface area contributed by atoms with E-state index in [1.165, 1.54) is 6.34 Å². The van der Waals surface area contributed by atoms with Crippen molar-refractivity contribution in [2.75, 3.05) is 0 Å². The van der Waals surface area contributed by atoms with Crippen LogP contribution in [0.4, 0.5) is 0 Å². The lowest BCUT2D eigenvalue weighted by Crippen LogP contribution is -2.27. The van der Waals surface area contributed by atoms with Gasteiger partial charge in [-0.3, -0.25) is 0 Å². The van der Waals surface area contributed by atoms with E-state index in [0.717, 1.165) is 0 Å². The molecule has 0 aliphatic carbocycles. The zero-order chi connectivity index (χ0) is 6.20. The number of hydrogen-bond donors (Lipinski definition) is 1. The summed E-state index contributed by atoms with van der Waals surface area (Å²) in [6.07, 6.45) is 1.37. The second-order valence-electron chi connectivity index (χ2n) is 1.98. The number of aliphatic hydroxyl groups is 1. The molecular weight excluding hydrogens is 104 g/mol. The van der Waals surface area contributed by atoms with Crippen LogP contribution in [0.1, 0.15) is 13.8 Å². The van der Waals surface area contributed by atoms with Crippen LogP contribution in [0.15, 0.2) is 9.98 Å². The summed E-state index contributed by atoms with van der Waals surface area (Å²) in [6.45, 7) is 3.35. The maximum absolute atomic E-state index is 9.13. The van der Waals surface area contributed by atoms with E-state index in [0.29, 0.717) is 5.71 Å². The Bertz CT molecular complexity index is 158. The maximum Gasteiger partial charge on any atom is 0.194 e. The summed E-state index contributed by atoms with van der Waals surface area (Å²) in [6, 6.07) is 0. The van der Waals surface area contributed by atoms with Crippen LogP contribution in [0.2, 0.25) is 0 Å². The molecule has 1 atom stereocenters. The molecule has 0 fully saturated rings. The summed E-state index contributed by atoms with van der Waals surface area (Å²) in [5, 5.41) is 9.13. The number of aliphatic imine (C=N–C) groups is 2. The Morgan fingerprint density at radius 3 is 2.50 bits per heavy atom. The highest BCUT2D eigenvalue weighted by Gasteiger charge is 2.24. The molecular formula is C5H8N2O. The molecule has 1 N–H and O–H groups in total. The van der Waals surface area contributed by atoms with Gasteiger partial charge in [0.1, 0.15) is 6.34 Å². The van der Waals surface area contributed by atoms with Gasteiger partial charge in [0.25, 0.3) is 0 Å². The highest BCUT2D eigenvalue weighted by molar-refractivity contribution is 5.98. The Balaban J connectivity index is 2.87. The van der Waals surface area contributed by atoms with Crippen molar-refractivity contribution in [2.45, 2.75) is 19.6 Å². The molecule has 0 aromatic rings. The highest BCUT2D eigenvalue weighted by Crippen LogP contribution is 2.11. The van der Waals surface area contributed by atoms with Gasteiger partial charge < -0.3 is 5.11 Å². The third-order valence-electron chi connectivity index (χ3n) is 1.25. The van der Waals surface area contributed by atoms with Crippen LogP contribution in [-0.2, 0) is 0 Å². The summed E-state index contributed by atoms with van der Waals surface area (Å²) in [7, 11) is 0. The summed E-state index contributed by atoms with van der Waals surface area (Å²) in [5.41, 5.74) is -0.377. The average molecular weight is 112 g/mol. The van der Waals surface area contributed by atoms with Crippen molar-refractivity contribution in [1.29, 1.82) is 0 Å². The summed E-state index contributed by atoms with van der Waals surface area (Å²) < 4.78 is 0. The zero-order valence-electron chi connectivity index (χ0n) is 4.92. The standard InChI is InChI=1S/C5H8N2O/c1-4-5(2,8)7-3-6-4/h3,8H,1-2H3. The average Bonchev–Trinajstić information content (AvgIpc) is 1.86. The van der Waals surface area contributed by atoms with Gasteiger partial charge in [-0.2, -0.15) is 0 Å². The van der Waals surface area contributed by atoms with Crippen LogP contribution in [-0.4, -0.2) is 22.9 Å². The molecule has 0 saturated carbocycles. The van der Waals surface area contributed by atoms with Crippen molar-refractivity contribution in [3.05, 3.63) is 0 Å². The van der Waals surface area contributed by atoms with E-state index in [1.807, 2.05) is 0 Å². The minimum Gasteiger partial charge on any atom is -0.365 e. The fourth-order valence-corrected chi connectivity index (χ4v) is 0.444. The molecule has 44 valence electrons. The fraction of sp³-hybridized carbons (Fsp3) is 0.600. The summed E-state index contributed by atoms with van der Waals surface area (Å²) in [4.78, 5) is 7.44. The molecule has 0 bridgehead atoms. The lowest BCUT2D eigenvalue weighted by atomic mass is 10.2. The predicted molar refractivity (Wildman–Crippen MR) is 32.2 cm³/mol. The van der Waals surface area contributed by atoms with Crippen LogP contribution in [0.25, 0.3) is 0 Å². The van der Waals surface area contributed by atoms with E-state index >= 15 is 0 Å². The largest absolute Gasteiger partial charge is 0.365 e. The highest BCUT2D eigenvalue weighted by atomic mass is 16.3. The van der Waals surface area contributed by atoms with Gasteiger partial charge in [-0.1, -0.05) is 0 Å². The molecule has 1 aliphatic heterocycles.